The first-order chi connectivity index (χ1) is 21.0. The second-order valence-electron chi connectivity index (χ2n) is 9.50. The minimum absolute atomic E-state index is 0.0473. The average molecular weight is 591 g/mol. The Morgan fingerprint density at radius 1 is 1.07 bits per heavy atom. The fourth-order valence-electron chi connectivity index (χ4n) is 4.53. The maximum absolute atomic E-state index is 13.8. The van der Waals surface area contributed by atoms with Crippen molar-refractivity contribution in [3.8, 4) is 23.0 Å². The molecule has 0 radical (unpaired) electrons. The number of azide groups is 1. The Balaban J connectivity index is 1.59. The van der Waals surface area contributed by atoms with Gasteiger partial charge in [-0.2, -0.15) is 0 Å². The van der Waals surface area contributed by atoms with Crippen LogP contribution in [0.2, 0.25) is 0 Å². The van der Waals surface area contributed by atoms with Crippen LogP contribution in [0.15, 0.2) is 70.8 Å². The molecule has 0 aromatic heterocycles. The Kier molecular flexibility index (Phi) is 10.6. The van der Waals surface area contributed by atoms with E-state index in [1.54, 1.807) is 67.8 Å². The number of rotatable bonds is 15. The van der Waals surface area contributed by atoms with Gasteiger partial charge in [0, 0.05) is 54.3 Å². The lowest BCUT2D eigenvalue weighted by Crippen LogP contribution is -2.52. The lowest BCUT2D eigenvalue weighted by atomic mass is 9.91. The lowest BCUT2D eigenvalue weighted by molar-refractivity contribution is -0.127. The van der Waals surface area contributed by atoms with E-state index in [-0.39, 0.29) is 32.1 Å². The van der Waals surface area contributed by atoms with Crippen molar-refractivity contribution < 1.29 is 33.6 Å². The van der Waals surface area contributed by atoms with E-state index in [1.165, 1.54) is 14.2 Å². The van der Waals surface area contributed by atoms with Crippen LogP contribution in [-0.4, -0.2) is 63.6 Å². The number of carbonyl (C=O) groups is 1. The number of benzene rings is 3. The highest BCUT2D eigenvalue weighted by Gasteiger charge is 2.45. The first-order valence-corrected chi connectivity index (χ1v) is 13.5. The molecule has 13 nitrogen and oxygen atoms in total. The number of aliphatic imine (C=N–C) groups is 1. The summed E-state index contributed by atoms with van der Waals surface area (Å²) in [5.41, 5.74) is 15.8. The summed E-state index contributed by atoms with van der Waals surface area (Å²) in [5, 5.41) is 12.8. The molecule has 1 heterocycles. The van der Waals surface area contributed by atoms with Crippen LogP contribution < -0.4 is 29.8 Å². The third-order valence-corrected chi connectivity index (χ3v) is 6.77. The van der Waals surface area contributed by atoms with Crippen LogP contribution >= 0.6 is 0 Å². The molecule has 3 aromatic rings. The molecule has 0 aliphatic carbocycles. The van der Waals surface area contributed by atoms with Gasteiger partial charge in [-0.15, -0.1) is 0 Å². The van der Waals surface area contributed by atoms with Crippen molar-refractivity contribution >= 4 is 17.5 Å². The van der Waals surface area contributed by atoms with Crippen molar-refractivity contribution in [1.29, 1.82) is 0 Å². The van der Waals surface area contributed by atoms with Gasteiger partial charge in [0.05, 0.1) is 33.5 Å². The summed E-state index contributed by atoms with van der Waals surface area (Å²) >= 11 is 0. The van der Waals surface area contributed by atoms with E-state index < -0.39 is 11.4 Å². The van der Waals surface area contributed by atoms with Crippen LogP contribution in [0.5, 0.6) is 23.0 Å². The molecular formula is C30H34N6O7. The summed E-state index contributed by atoms with van der Waals surface area (Å²) in [4.78, 5) is 21.5. The zero-order valence-corrected chi connectivity index (χ0v) is 24.2. The fourth-order valence-corrected chi connectivity index (χ4v) is 4.53. The number of amides is 1. The van der Waals surface area contributed by atoms with Crippen molar-refractivity contribution in [3.63, 3.8) is 0 Å². The quantitative estimate of drug-likeness (QED) is 0.0785. The number of aliphatic hydroxyl groups excluding tert-OH is 1. The normalized spacial score (nSPS) is 15.5. The highest BCUT2D eigenvalue weighted by Crippen LogP contribution is 2.34. The smallest absolute Gasteiger partial charge is 0.266 e. The Bertz CT molecular complexity index is 1470. The maximum atomic E-state index is 13.8. The Morgan fingerprint density at radius 3 is 2.44 bits per heavy atom. The van der Waals surface area contributed by atoms with Crippen LogP contribution in [0, 0.1) is 0 Å². The van der Waals surface area contributed by atoms with Gasteiger partial charge in [-0.05, 0) is 35.4 Å². The third-order valence-electron chi connectivity index (χ3n) is 6.77. The highest BCUT2D eigenvalue weighted by atomic mass is 16.5. The molecule has 0 fully saturated rings. The molecule has 1 aliphatic rings. The molecule has 1 amide bonds. The molecule has 0 unspecified atom stereocenters. The van der Waals surface area contributed by atoms with Gasteiger partial charge in [0.15, 0.2) is 5.54 Å². The van der Waals surface area contributed by atoms with Crippen LogP contribution in [0.3, 0.4) is 0 Å². The lowest BCUT2D eigenvalue weighted by Gasteiger charge is -2.24. The summed E-state index contributed by atoms with van der Waals surface area (Å²) in [5.74, 6) is 2.07. The van der Waals surface area contributed by atoms with Gasteiger partial charge in [-0.3, -0.25) is 10.2 Å². The molecule has 3 aromatic carbocycles. The number of hydrogen-bond acceptors (Lipinski definition) is 10. The van der Waals surface area contributed by atoms with Gasteiger partial charge in [0.1, 0.15) is 29.6 Å². The Morgan fingerprint density at radius 2 is 1.79 bits per heavy atom. The Labute approximate surface area is 249 Å². The van der Waals surface area contributed by atoms with Crippen LogP contribution in [0.4, 0.5) is 5.69 Å². The summed E-state index contributed by atoms with van der Waals surface area (Å²) in [6.07, 6.45) is 0.634. The second kappa shape index (κ2) is 14.8. The molecule has 1 aliphatic heterocycles. The van der Waals surface area contributed by atoms with Gasteiger partial charge in [0.2, 0.25) is 5.90 Å². The number of hydrazine groups is 1. The molecule has 0 spiro atoms. The molecule has 0 bridgehead atoms. The molecule has 0 saturated carbocycles. The molecule has 43 heavy (non-hydrogen) atoms. The number of nitrogens with zero attached hydrogens (tertiary/aromatic N) is 4. The first-order valence-electron chi connectivity index (χ1n) is 13.5. The van der Waals surface area contributed by atoms with E-state index in [4.69, 9.17) is 39.3 Å². The number of hydrogen-bond donors (Lipinski definition) is 3. The van der Waals surface area contributed by atoms with E-state index in [1.807, 2.05) is 0 Å². The van der Waals surface area contributed by atoms with Gasteiger partial charge in [-0.1, -0.05) is 29.4 Å². The van der Waals surface area contributed by atoms with E-state index >= 15 is 0 Å². The minimum Gasteiger partial charge on any atom is -0.496 e. The zero-order valence-electron chi connectivity index (χ0n) is 24.2. The fraction of sp³-hybridized carbons (Fsp3) is 0.333. The van der Waals surface area contributed by atoms with E-state index in [0.29, 0.717) is 58.4 Å². The summed E-state index contributed by atoms with van der Waals surface area (Å²) in [6, 6.07) is 17.6. The van der Waals surface area contributed by atoms with Crippen molar-refractivity contribution in [2.45, 2.75) is 24.9 Å². The minimum atomic E-state index is -1.38. The number of ether oxygens (including phenoxy) is 5. The van der Waals surface area contributed by atoms with E-state index in [9.17, 15) is 4.79 Å². The van der Waals surface area contributed by atoms with Crippen molar-refractivity contribution in [3.05, 3.63) is 87.8 Å². The van der Waals surface area contributed by atoms with Crippen molar-refractivity contribution in [2.75, 3.05) is 41.2 Å². The summed E-state index contributed by atoms with van der Waals surface area (Å²) in [7, 11) is 4.62. The second-order valence-corrected chi connectivity index (χ2v) is 9.50. The van der Waals surface area contributed by atoms with Crippen LogP contribution in [0.1, 0.15) is 23.1 Å². The molecular weight excluding hydrogens is 556 g/mol. The zero-order chi connectivity index (χ0) is 30.7. The average Bonchev–Trinajstić information content (AvgIpc) is 3.47. The largest absolute Gasteiger partial charge is 0.496 e. The topological polar surface area (TPSA) is 169 Å². The monoisotopic (exact) mass is 590 g/mol. The van der Waals surface area contributed by atoms with E-state index in [2.05, 4.69) is 20.9 Å². The van der Waals surface area contributed by atoms with Gasteiger partial charge in [-0.25, -0.2) is 10.4 Å². The molecule has 4 rings (SSSR count). The predicted molar refractivity (Wildman–Crippen MR) is 159 cm³/mol. The number of nitrogens with one attached hydrogen (secondary N) is 2. The molecule has 13 heteroatoms. The Hall–Kier alpha value is -4.97. The maximum Gasteiger partial charge on any atom is 0.266 e. The van der Waals surface area contributed by atoms with Gasteiger partial charge in [0.25, 0.3) is 5.91 Å². The predicted octanol–water partition coefficient (Wildman–Crippen LogP) is 3.99. The van der Waals surface area contributed by atoms with Gasteiger partial charge < -0.3 is 28.8 Å². The molecule has 0 saturated heterocycles. The standard InChI is InChI=1S/C30H34N6O7/c1-39-23-15-26(40-2)24(27(16-23)41-3)18-32-35-29(38)30(17-21-7-4-5-8-25(21)34-36-31)19-43-28(33-30)20-9-11-22(12-10-20)42-14-6-13-37/h4-5,7-12,15-16,32,37H,6,13-14,17-19H2,1-3H3,(H,35,38)/t30-/m0/s1. The SMILES string of the molecule is COc1cc(OC)c(CNNC(=O)[C@]2(Cc3ccccc3N=[N+]=[N-])COC(c3ccc(OCCCO)cc3)=N2)c(OC)c1. The van der Waals surface area contributed by atoms with E-state index in [0.717, 1.165) is 0 Å². The molecule has 3 N–H and O–H groups in total. The number of methoxy groups -OCH3 is 3. The number of aliphatic hydroxyl groups is 1. The van der Waals surface area contributed by atoms with Gasteiger partial charge >= 0.3 is 0 Å². The van der Waals surface area contributed by atoms with Crippen LogP contribution in [0.25, 0.3) is 10.4 Å². The highest BCUT2D eigenvalue weighted by molar-refractivity contribution is 6.00. The van der Waals surface area contributed by atoms with Crippen LogP contribution in [-0.2, 0) is 22.5 Å². The first kappa shape index (κ1) is 31.0. The summed E-state index contributed by atoms with van der Waals surface area (Å²) in [6.45, 7) is 0.557. The number of carbonyl (C=O) groups excluding carboxylic acids is 1. The summed E-state index contributed by atoms with van der Waals surface area (Å²) < 4.78 is 27.9. The molecule has 226 valence electrons. The van der Waals surface area contributed by atoms with Crippen molar-refractivity contribution in [2.24, 2.45) is 10.1 Å². The third kappa shape index (κ3) is 7.46. The molecule has 1 atom stereocenters. The van der Waals surface area contributed by atoms with Crippen molar-refractivity contribution in [1.82, 2.24) is 10.9 Å².